The van der Waals surface area contributed by atoms with Crippen molar-refractivity contribution in [1.82, 2.24) is 5.32 Å². The van der Waals surface area contributed by atoms with Crippen LogP contribution < -0.4 is 5.32 Å². The quantitative estimate of drug-likeness (QED) is 0.746. The Labute approximate surface area is 104 Å². The van der Waals surface area contributed by atoms with E-state index in [1.165, 1.54) is 25.7 Å². The molecule has 2 saturated carbocycles. The van der Waals surface area contributed by atoms with Gasteiger partial charge in [0, 0.05) is 12.5 Å². The SMILES string of the molecule is C[C@H]1[C@@H](C(=O)NCC2(C)CCC2)[C@@H]2C=C[C@H]1C2. The van der Waals surface area contributed by atoms with E-state index in [9.17, 15) is 4.79 Å². The standard InChI is InChI=1S/C15H23NO/c1-10-11-4-5-12(8-11)13(10)14(17)16-9-15(2)6-3-7-15/h4-5,10-13H,3,6-9H2,1-2H3,(H,16,17)/t10-,11+,12-,13-/m1/s1. The first kappa shape index (κ1) is 11.3. The first-order valence-corrected chi connectivity index (χ1v) is 7.05. The maximum atomic E-state index is 12.3. The number of nitrogens with one attached hydrogen (secondary N) is 1. The number of allylic oxidation sites excluding steroid dienone is 2. The molecule has 0 saturated heterocycles. The summed E-state index contributed by atoms with van der Waals surface area (Å²) in [4.78, 5) is 12.3. The lowest BCUT2D eigenvalue weighted by atomic mass is 9.70. The van der Waals surface area contributed by atoms with Crippen molar-refractivity contribution < 1.29 is 4.79 Å². The van der Waals surface area contributed by atoms with E-state index in [4.69, 9.17) is 0 Å². The van der Waals surface area contributed by atoms with Crippen molar-refractivity contribution in [1.29, 1.82) is 0 Å². The Balaban J connectivity index is 1.58. The summed E-state index contributed by atoms with van der Waals surface area (Å²) in [5, 5.41) is 3.21. The normalized spacial score (nSPS) is 41.3. The van der Waals surface area contributed by atoms with Crippen molar-refractivity contribution in [2.24, 2.45) is 29.1 Å². The van der Waals surface area contributed by atoms with Crippen LogP contribution in [0.4, 0.5) is 0 Å². The van der Waals surface area contributed by atoms with E-state index in [1.54, 1.807) is 0 Å². The second kappa shape index (κ2) is 3.86. The van der Waals surface area contributed by atoms with Gasteiger partial charge < -0.3 is 5.32 Å². The van der Waals surface area contributed by atoms with E-state index in [1.807, 2.05) is 0 Å². The van der Waals surface area contributed by atoms with Gasteiger partial charge in [-0.2, -0.15) is 0 Å². The fraction of sp³-hybridized carbons (Fsp3) is 0.800. The van der Waals surface area contributed by atoms with Gasteiger partial charge >= 0.3 is 0 Å². The lowest BCUT2D eigenvalue weighted by Crippen LogP contribution is -2.44. The average Bonchev–Trinajstić information content (AvgIpc) is 2.83. The van der Waals surface area contributed by atoms with Crippen LogP contribution in [0, 0.1) is 29.1 Å². The summed E-state index contributed by atoms with van der Waals surface area (Å²) in [6.07, 6.45) is 9.67. The topological polar surface area (TPSA) is 29.1 Å². The van der Waals surface area contributed by atoms with Gasteiger partial charge in [-0.15, -0.1) is 0 Å². The van der Waals surface area contributed by atoms with Crippen LogP contribution in [0.15, 0.2) is 12.2 Å². The van der Waals surface area contributed by atoms with Gasteiger partial charge in [-0.05, 0) is 42.4 Å². The summed E-state index contributed by atoms with van der Waals surface area (Å²) in [5.74, 6) is 2.27. The summed E-state index contributed by atoms with van der Waals surface area (Å²) in [5.41, 5.74) is 0.395. The van der Waals surface area contributed by atoms with Gasteiger partial charge in [0.15, 0.2) is 0 Å². The number of amides is 1. The van der Waals surface area contributed by atoms with Gasteiger partial charge in [-0.1, -0.05) is 32.4 Å². The van der Waals surface area contributed by atoms with Gasteiger partial charge in [0.25, 0.3) is 0 Å². The first-order valence-electron chi connectivity index (χ1n) is 7.05. The summed E-state index contributed by atoms with van der Waals surface area (Å²) >= 11 is 0. The molecular weight excluding hydrogens is 210 g/mol. The van der Waals surface area contributed by atoms with E-state index in [2.05, 4.69) is 31.3 Å². The molecule has 2 bridgehead atoms. The van der Waals surface area contributed by atoms with Crippen LogP contribution in [0.5, 0.6) is 0 Å². The molecule has 0 aromatic rings. The number of fused-ring (bicyclic) bond motifs is 2. The lowest BCUT2D eigenvalue weighted by Gasteiger charge is -2.39. The number of rotatable bonds is 3. The van der Waals surface area contributed by atoms with Crippen molar-refractivity contribution in [2.45, 2.75) is 39.5 Å². The molecule has 0 heterocycles. The minimum absolute atomic E-state index is 0.244. The monoisotopic (exact) mass is 233 g/mol. The molecule has 3 rings (SSSR count). The Bertz CT molecular complexity index is 356. The summed E-state index contributed by atoms with van der Waals surface area (Å²) in [6, 6.07) is 0. The number of carbonyl (C=O) groups is 1. The molecular formula is C15H23NO. The zero-order valence-corrected chi connectivity index (χ0v) is 10.9. The maximum absolute atomic E-state index is 12.3. The van der Waals surface area contributed by atoms with Crippen molar-refractivity contribution in [2.75, 3.05) is 6.54 Å². The van der Waals surface area contributed by atoms with Crippen LogP contribution in [-0.4, -0.2) is 12.5 Å². The number of carbonyl (C=O) groups excluding carboxylic acids is 1. The van der Waals surface area contributed by atoms with Crippen LogP contribution >= 0.6 is 0 Å². The third kappa shape index (κ3) is 1.82. The predicted octanol–water partition coefficient (Wildman–Crippen LogP) is 2.75. The summed E-state index contributed by atoms with van der Waals surface area (Å²) in [6.45, 7) is 5.42. The second-order valence-electron chi connectivity index (χ2n) is 6.72. The molecule has 3 aliphatic rings. The molecule has 1 amide bonds. The Kier molecular flexibility index (Phi) is 2.57. The largest absolute Gasteiger partial charge is 0.355 e. The van der Waals surface area contributed by atoms with Crippen molar-refractivity contribution in [3.63, 3.8) is 0 Å². The average molecular weight is 233 g/mol. The van der Waals surface area contributed by atoms with Crippen LogP contribution in [0.25, 0.3) is 0 Å². The van der Waals surface area contributed by atoms with Gasteiger partial charge in [0.2, 0.25) is 5.91 Å². The summed E-state index contributed by atoms with van der Waals surface area (Å²) in [7, 11) is 0. The van der Waals surface area contributed by atoms with E-state index < -0.39 is 0 Å². The van der Waals surface area contributed by atoms with Crippen LogP contribution in [-0.2, 0) is 4.79 Å². The molecule has 2 fully saturated rings. The van der Waals surface area contributed by atoms with Crippen LogP contribution in [0.2, 0.25) is 0 Å². The second-order valence-corrected chi connectivity index (χ2v) is 6.72. The minimum atomic E-state index is 0.244. The molecule has 2 heteroatoms. The van der Waals surface area contributed by atoms with Gasteiger partial charge in [0.05, 0.1) is 0 Å². The molecule has 0 spiro atoms. The van der Waals surface area contributed by atoms with E-state index in [-0.39, 0.29) is 5.92 Å². The number of hydrogen-bond donors (Lipinski definition) is 1. The third-order valence-corrected chi connectivity index (χ3v) is 5.41. The Morgan fingerprint density at radius 2 is 2.06 bits per heavy atom. The van der Waals surface area contributed by atoms with Crippen molar-refractivity contribution >= 4 is 5.91 Å². The smallest absolute Gasteiger partial charge is 0.224 e. The predicted molar refractivity (Wildman–Crippen MR) is 68.4 cm³/mol. The Morgan fingerprint density at radius 3 is 2.59 bits per heavy atom. The fourth-order valence-corrected chi connectivity index (χ4v) is 3.88. The highest BCUT2D eigenvalue weighted by Gasteiger charge is 2.46. The van der Waals surface area contributed by atoms with Gasteiger partial charge in [-0.25, -0.2) is 0 Å². The molecule has 0 radical (unpaired) electrons. The zero-order valence-electron chi connectivity index (χ0n) is 10.9. The zero-order chi connectivity index (χ0) is 12.0. The van der Waals surface area contributed by atoms with E-state index in [0.717, 1.165) is 6.54 Å². The maximum Gasteiger partial charge on any atom is 0.224 e. The molecule has 4 atom stereocenters. The van der Waals surface area contributed by atoms with Gasteiger partial charge in [0.1, 0.15) is 0 Å². The molecule has 0 aromatic heterocycles. The molecule has 2 nitrogen and oxygen atoms in total. The Morgan fingerprint density at radius 1 is 1.35 bits per heavy atom. The highest BCUT2D eigenvalue weighted by molar-refractivity contribution is 5.80. The van der Waals surface area contributed by atoms with E-state index >= 15 is 0 Å². The fourth-order valence-electron chi connectivity index (χ4n) is 3.88. The lowest BCUT2D eigenvalue weighted by molar-refractivity contribution is -0.127. The molecule has 17 heavy (non-hydrogen) atoms. The van der Waals surface area contributed by atoms with Gasteiger partial charge in [-0.3, -0.25) is 4.79 Å². The molecule has 1 N–H and O–H groups in total. The van der Waals surface area contributed by atoms with E-state index in [0.29, 0.717) is 29.1 Å². The van der Waals surface area contributed by atoms with Crippen LogP contribution in [0.3, 0.4) is 0 Å². The third-order valence-electron chi connectivity index (χ3n) is 5.41. The first-order chi connectivity index (χ1) is 8.09. The van der Waals surface area contributed by atoms with Crippen molar-refractivity contribution in [3.8, 4) is 0 Å². The highest BCUT2D eigenvalue weighted by Crippen LogP contribution is 2.48. The molecule has 3 aliphatic carbocycles. The van der Waals surface area contributed by atoms with Crippen molar-refractivity contribution in [3.05, 3.63) is 12.2 Å². The molecule has 0 aromatic carbocycles. The molecule has 94 valence electrons. The van der Waals surface area contributed by atoms with Crippen LogP contribution in [0.1, 0.15) is 39.5 Å². The minimum Gasteiger partial charge on any atom is -0.355 e. The number of hydrogen-bond acceptors (Lipinski definition) is 1. The molecule has 0 unspecified atom stereocenters. The summed E-state index contributed by atoms with van der Waals surface area (Å²) < 4.78 is 0. The highest BCUT2D eigenvalue weighted by atomic mass is 16.1. The Hall–Kier alpha value is -0.790. The molecule has 0 aliphatic heterocycles.